The van der Waals surface area contributed by atoms with Crippen LogP contribution in [0, 0.1) is 5.92 Å². The molecule has 0 fully saturated rings. The van der Waals surface area contributed by atoms with Crippen LogP contribution in [0.1, 0.15) is 13.8 Å². The van der Waals surface area contributed by atoms with Crippen LogP contribution in [-0.2, 0) is 0 Å². The van der Waals surface area contributed by atoms with E-state index in [1.165, 1.54) is 0 Å². The molecular formula is C6H10BrF. The summed E-state index contributed by atoms with van der Waals surface area (Å²) in [4.78, 5) is 0. The second kappa shape index (κ2) is 4.07. The van der Waals surface area contributed by atoms with E-state index in [0.717, 1.165) is 0 Å². The zero-order valence-electron chi connectivity index (χ0n) is 5.12. The molecule has 0 saturated heterocycles. The molecular weight excluding hydrogens is 171 g/mol. The standard InChI is InChI=1S/C6H10BrF/c1-5(2)3-6(8)4-7/h3,5H,4H2,1-2H3/b6-3+. The van der Waals surface area contributed by atoms with Crippen molar-refractivity contribution in [1.82, 2.24) is 0 Å². The number of halogens is 2. The molecule has 0 unspecified atom stereocenters. The molecule has 0 aromatic heterocycles. The van der Waals surface area contributed by atoms with Crippen molar-refractivity contribution in [3.63, 3.8) is 0 Å². The predicted octanol–water partition coefficient (Wildman–Crippen LogP) is 2.89. The summed E-state index contributed by atoms with van der Waals surface area (Å²) in [5.41, 5.74) is 0. The maximum atomic E-state index is 12.2. The molecule has 8 heavy (non-hydrogen) atoms. The van der Waals surface area contributed by atoms with Crippen molar-refractivity contribution in [2.24, 2.45) is 5.92 Å². The first-order valence-electron chi connectivity index (χ1n) is 2.59. The molecule has 0 nitrogen and oxygen atoms in total. The average molecular weight is 181 g/mol. The molecule has 0 spiro atoms. The molecule has 0 heterocycles. The van der Waals surface area contributed by atoms with Gasteiger partial charge in [0.2, 0.25) is 0 Å². The SMILES string of the molecule is CC(C)/C=C(/F)CBr. The average Bonchev–Trinajstić information content (AvgIpc) is 1.65. The summed E-state index contributed by atoms with van der Waals surface area (Å²) in [7, 11) is 0. The fourth-order valence-electron chi connectivity index (χ4n) is 0.406. The highest BCUT2D eigenvalue weighted by Gasteiger charge is 1.91. The molecule has 0 aromatic carbocycles. The Labute approximate surface area is 57.9 Å². The van der Waals surface area contributed by atoms with Gasteiger partial charge < -0.3 is 0 Å². The second-order valence-electron chi connectivity index (χ2n) is 1.99. The molecule has 0 bridgehead atoms. The first-order valence-corrected chi connectivity index (χ1v) is 3.71. The minimum absolute atomic E-state index is 0.0833. The maximum Gasteiger partial charge on any atom is 0.107 e. The third-order valence-electron chi connectivity index (χ3n) is 0.642. The van der Waals surface area contributed by atoms with Crippen molar-refractivity contribution in [2.75, 3.05) is 5.33 Å². The Balaban J connectivity index is 3.56. The zero-order valence-corrected chi connectivity index (χ0v) is 6.70. The van der Waals surface area contributed by atoms with E-state index in [1.54, 1.807) is 6.08 Å². The summed E-state index contributed by atoms with van der Waals surface area (Å²) >= 11 is 3.00. The van der Waals surface area contributed by atoms with Crippen LogP contribution in [0.4, 0.5) is 4.39 Å². The largest absolute Gasteiger partial charge is 0.211 e. The highest BCUT2D eigenvalue weighted by atomic mass is 79.9. The third-order valence-corrected chi connectivity index (χ3v) is 1.18. The van der Waals surface area contributed by atoms with Crippen LogP contribution in [0.2, 0.25) is 0 Å². The molecule has 0 aliphatic rings. The normalized spacial score (nSPS) is 12.9. The van der Waals surface area contributed by atoms with E-state index in [0.29, 0.717) is 11.2 Å². The van der Waals surface area contributed by atoms with Crippen LogP contribution < -0.4 is 0 Å². The molecule has 0 rings (SSSR count). The van der Waals surface area contributed by atoms with E-state index in [-0.39, 0.29) is 5.83 Å². The monoisotopic (exact) mass is 180 g/mol. The summed E-state index contributed by atoms with van der Waals surface area (Å²) in [6.45, 7) is 3.89. The van der Waals surface area contributed by atoms with Crippen LogP contribution in [0.3, 0.4) is 0 Å². The zero-order chi connectivity index (χ0) is 6.57. The summed E-state index contributed by atoms with van der Waals surface area (Å²) in [6.07, 6.45) is 1.59. The summed E-state index contributed by atoms with van der Waals surface area (Å²) < 4.78 is 12.2. The van der Waals surface area contributed by atoms with Crippen LogP contribution in [0.25, 0.3) is 0 Å². The van der Waals surface area contributed by atoms with Crippen molar-refractivity contribution in [2.45, 2.75) is 13.8 Å². The Morgan fingerprint density at radius 1 is 1.75 bits per heavy atom. The van der Waals surface area contributed by atoms with Gasteiger partial charge in [0, 0.05) is 0 Å². The topological polar surface area (TPSA) is 0 Å². The Hall–Kier alpha value is 0.150. The van der Waals surface area contributed by atoms with E-state index in [9.17, 15) is 4.39 Å². The molecule has 0 aliphatic carbocycles. The highest BCUT2D eigenvalue weighted by molar-refractivity contribution is 9.09. The van der Waals surface area contributed by atoms with Crippen molar-refractivity contribution in [1.29, 1.82) is 0 Å². The number of hydrogen-bond donors (Lipinski definition) is 0. The smallest absolute Gasteiger partial charge is 0.107 e. The Kier molecular flexibility index (Phi) is 4.15. The van der Waals surface area contributed by atoms with Gasteiger partial charge in [0.15, 0.2) is 0 Å². The number of hydrogen-bond acceptors (Lipinski definition) is 0. The molecule has 0 saturated carbocycles. The van der Waals surface area contributed by atoms with E-state index in [1.807, 2.05) is 13.8 Å². The molecule has 48 valence electrons. The van der Waals surface area contributed by atoms with Gasteiger partial charge in [-0.3, -0.25) is 0 Å². The molecule has 2 heteroatoms. The van der Waals surface area contributed by atoms with Crippen LogP contribution in [-0.4, -0.2) is 5.33 Å². The lowest BCUT2D eigenvalue weighted by Gasteiger charge is -1.92. The first kappa shape index (κ1) is 8.15. The van der Waals surface area contributed by atoms with Gasteiger partial charge >= 0.3 is 0 Å². The van der Waals surface area contributed by atoms with Gasteiger partial charge in [0.05, 0.1) is 5.33 Å². The van der Waals surface area contributed by atoms with Crippen LogP contribution in [0.15, 0.2) is 11.9 Å². The molecule has 0 aromatic rings. The Bertz CT molecular complexity index is 86.5. The van der Waals surface area contributed by atoms with Gasteiger partial charge in [-0.1, -0.05) is 29.8 Å². The number of allylic oxidation sites excluding steroid dienone is 2. The fourth-order valence-corrected chi connectivity index (χ4v) is 0.593. The van der Waals surface area contributed by atoms with Gasteiger partial charge in [0.25, 0.3) is 0 Å². The summed E-state index contributed by atoms with van der Waals surface area (Å²) in [5, 5.41) is 0.338. The van der Waals surface area contributed by atoms with Crippen molar-refractivity contribution in [3.8, 4) is 0 Å². The summed E-state index contributed by atoms with van der Waals surface area (Å²) in [5.74, 6) is 0.229. The van der Waals surface area contributed by atoms with Gasteiger partial charge in [-0.05, 0) is 12.0 Å². The number of rotatable bonds is 2. The molecule has 0 N–H and O–H groups in total. The second-order valence-corrected chi connectivity index (χ2v) is 2.55. The summed E-state index contributed by atoms with van der Waals surface area (Å²) in [6, 6.07) is 0. The Morgan fingerprint density at radius 3 is 2.38 bits per heavy atom. The third kappa shape index (κ3) is 4.31. The van der Waals surface area contributed by atoms with E-state index >= 15 is 0 Å². The lowest BCUT2D eigenvalue weighted by atomic mass is 10.2. The van der Waals surface area contributed by atoms with Crippen molar-refractivity contribution >= 4 is 15.9 Å². The first-order chi connectivity index (χ1) is 3.66. The number of alkyl halides is 1. The quantitative estimate of drug-likeness (QED) is 0.574. The maximum absolute atomic E-state index is 12.2. The lowest BCUT2D eigenvalue weighted by molar-refractivity contribution is 0.625. The Morgan fingerprint density at radius 2 is 2.25 bits per heavy atom. The highest BCUT2D eigenvalue weighted by Crippen LogP contribution is 2.05. The van der Waals surface area contributed by atoms with Crippen LogP contribution >= 0.6 is 15.9 Å². The predicted molar refractivity (Wildman–Crippen MR) is 37.8 cm³/mol. The van der Waals surface area contributed by atoms with Gasteiger partial charge in [-0.2, -0.15) is 0 Å². The van der Waals surface area contributed by atoms with Gasteiger partial charge in [0.1, 0.15) is 5.83 Å². The van der Waals surface area contributed by atoms with Crippen molar-refractivity contribution in [3.05, 3.63) is 11.9 Å². The minimum atomic E-state index is -0.0833. The lowest BCUT2D eigenvalue weighted by Crippen LogP contribution is -1.81. The van der Waals surface area contributed by atoms with E-state index in [2.05, 4.69) is 15.9 Å². The molecule has 0 amide bonds. The van der Waals surface area contributed by atoms with Crippen molar-refractivity contribution < 1.29 is 4.39 Å². The van der Waals surface area contributed by atoms with E-state index in [4.69, 9.17) is 0 Å². The van der Waals surface area contributed by atoms with Crippen LogP contribution in [0.5, 0.6) is 0 Å². The van der Waals surface area contributed by atoms with Gasteiger partial charge in [-0.25, -0.2) is 4.39 Å². The molecule has 0 atom stereocenters. The van der Waals surface area contributed by atoms with Gasteiger partial charge in [-0.15, -0.1) is 0 Å². The minimum Gasteiger partial charge on any atom is -0.211 e. The fraction of sp³-hybridized carbons (Fsp3) is 0.667. The molecule has 0 radical (unpaired) electrons. The molecule has 0 aliphatic heterocycles. The van der Waals surface area contributed by atoms with E-state index < -0.39 is 0 Å².